The summed E-state index contributed by atoms with van der Waals surface area (Å²) in [6.07, 6.45) is 1.77. The summed E-state index contributed by atoms with van der Waals surface area (Å²) >= 11 is 9.44. The second-order valence-electron chi connectivity index (χ2n) is 3.41. The first-order valence-corrected chi connectivity index (χ1v) is 7.95. The second-order valence-corrected chi connectivity index (χ2v) is 6.93. The van der Waals surface area contributed by atoms with Gasteiger partial charge in [-0.25, -0.2) is 4.98 Å². The molecule has 90 valence electrons. The van der Waals surface area contributed by atoms with Crippen LogP contribution in [0.1, 0.15) is 5.69 Å². The fourth-order valence-corrected chi connectivity index (χ4v) is 4.04. The van der Waals surface area contributed by atoms with Crippen LogP contribution in [0.25, 0.3) is 16.0 Å². The molecule has 0 aliphatic carbocycles. The van der Waals surface area contributed by atoms with Gasteiger partial charge in [-0.15, -0.1) is 22.7 Å². The Balaban J connectivity index is 1.88. The van der Waals surface area contributed by atoms with E-state index in [9.17, 15) is 4.79 Å². The molecule has 1 aliphatic heterocycles. The zero-order valence-electron chi connectivity index (χ0n) is 8.88. The van der Waals surface area contributed by atoms with E-state index in [1.54, 1.807) is 28.7 Å². The van der Waals surface area contributed by atoms with Crippen LogP contribution in [0, 0.1) is 0 Å². The Hall–Kier alpha value is -1.02. The fraction of sp³-hybridized carbons (Fsp3) is 0. The molecule has 3 rings (SSSR count). The first-order valence-electron chi connectivity index (χ1n) is 4.96. The summed E-state index contributed by atoms with van der Waals surface area (Å²) in [6.45, 7) is 0. The molecule has 18 heavy (non-hydrogen) atoms. The summed E-state index contributed by atoms with van der Waals surface area (Å²) in [5.41, 5.74) is 0.797. The van der Waals surface area contributed by atoms with Gasteiger partial charge in [0.25, 0.3) is 5.91 Å². The summed E-state index contributed by atoms with van der Waals surface area (Å²) in [7, 11) is 0. The summed E-state index contributed by atoms with van der Waals surface area (Å²) in [6, 6.07) is 4.03. The Morgan fingerprint density at radius 1 is 1.39 bits per heavy atom. The lowest BCUT2D eigenvalue weighted by atomic mass is 10.4. The molecule has 0 saturated carbocycles. The van der Waals surface area contributed by atoms with Gasteiger partial charge in [0.1, 0.15) is 9.33 Å². The topological polar surface area (TPSA) is 42.0 Å². The van der Waals surface area contributed by atoms with Gasteiger partial charge in [0.2, 0.25) is 0 Å². The van der Waals surface area contributed by atoms with E-state index in [0.29, 0.717) is 9.23 Å². The van der Waals surface area contributed by atoms with Gasteiger partial charge in [-0.05, 0) is 17.5 Å². The highest BCUT2D eigenvalue weighted by atomic mass is 32.2. The van der Waals surface area contributed by atoms with Crippen molar-refractivity contribution in [3.8, 4) is 9.88 Å². The zero-order chi connectivity index (χ0) is 12.5. The molecule has 0 spiro atoms. The van der Waals surface area contributed by atoms with Crippen molar-refractivity contribution in [1.29, 1.82) is 0 Å². The lowest BCUT2D eigenvalue weighted by Crippen LogP contribution is -2.17. The molecular formula is C11H6N2OS4. The number of thiazole rings is 1. The van der Waals surface area contributed by atoms with Crippen molar-refractivity contribution in [2.75, 3.05) is 0 Å². The summed E-state index contributed by atoms with van der Waals surface area (Å²) in [5.74, 6) is -0.143. The van der Waals surface area contributed by atoms with Gasteiger partial charge in [-0.3, -0.25) is 4.79 Å². The molecule has 0 radical (unpaired) electrons. The number of amides is 1. The quantitative estimate of drug-likeness (QED) is 0.682. The number of hydrogen-bond acceptors (Lipinski definition) is 6. The Bertz CT molecular complexity index is 642. The fourth-order valence-electron chi connectivity index (χ4n) is 1.42. The molecule has 1 fully saturated rings. The number of nitrogens with zero attached hydrogens (tertiary/aromatic N) is 1. The lowest BCUT2D eigenvalue weighted by Gasteiger charge is -1.89. The van der Waals surface area contributed by atoms with E-state index < -0.39 is 0 Å². The van der Waals surface area contributed by atoms with Crippen LogP contribution in [0.5, 0.6) is 0 Å². The molecule has 0 aromatic carbocycles. The zero-order valence-corrected chi connectivity index (χ0v) is 12.1. The minimum atomic E-state index is -0.143. The number of thioether (sulfide) groups is 1. The second kappa shape index (κ2) is 4.93. The normalized spacial score (nSPS) is 17.4. The molecule has 3 nitrogen and oxygen atoms in total. The van der Waals surface area contributed by atoms with E-state index in [1.165, 1.54) is 11.8 Å². The monoisotopic (exact) mass is 310 g/mol. The average Bonchev–Trinajstić information content (AvgIpc) is 3.02. The predicted octanol–water partition coefficient (Wildman–Crippen LogP) is 3.36. The molecule has 2 aromatic rings. The summed E-state index contributed by atoms with van der Waals surface area (Å²) in [4.78, 5) is 17.7. The maximum Gasteiger partial charge on any atom is 0.263 e. The van der Waals surface area contributed by atoms with E-state index in [2.05, 4.69) is 10.3 Å². The minimum Gasteiger partial charge on any atom is -0.307 e. The molecule has 1 saturated heterocycles. The van der Waals surface area contributed by atoms with Gasteiger partial charge in [0.15, 0.2) is 0 Å². The summed E-state index contributed by atoms with van der Waals surface area (Å²) in [5, 5.41) is 7.52. The van der Waals surface area contributed by atoms with Crippen LogP contribution in [0.4, 0.5) is 0 Å². The Morgan fingerprint density at radius 3 is 2.94 bits per heavy atom. The van der Waals surface area contributed by atoms with Crippen LogP contribution < -0.4 is 5.32 Å². The van der Waals surface area contributed by atoms with E-state index >= 15 is 0 Å². The predicted molar refractivity (Wildman–Crippen MR) is 81.7 cm³/mol. The van der Waals surface area contributed by atoms with Crippen molar-refractivity contribution >= 4 is 63.0 Å². The largest absolute Gasteiger partial charge is 0.307 e. The van der Waals surface area contributed by atoms with Crippen LogP contribution in [-0.2, 0) is 4.79 Å². The highest BCUT2D eigenvalue weighted by molar-refractivity contribution is 8.26. The average molecular weight is 310 g/mol. The van der Waals surface area contributed by atoms with Crippen LogP contribution >= 0.6 is 46.7 Å². The Morgan fingerprint density at radius 2 is 2.28 bits per heavy atom. The number of hydrogen-bond donors (Lipinski definition) is 1. The lowest BCUT2D eigenvalue weighted by molar-refractivity contribution is -0.115. The molecule has 2 aromatic heterocycles. The SMILES string of the molecule is O=C1NC(=S)SC1=Cc1csc(-c2cccs2)n1. The third-order valence-electron chi connectivity index (χ3n) is 2.17. The highest BCUT2D eigenvalue weighted by Crippen LogP contribution is 2.30. The molecule has 0 atom stereocenters. The van der Waals surface area contributed by atoms with Crippen molar-refractivity contribution in [3.63, 3.8) is 0 Å². The standard InChI is InChI=1S/C11H6N2OS4/c14-9-8(18-11(15)13-9)4-6-5-17-10(12-6)7-2-1-3-16-7/h1-5H,(H,13,14,15). The number of nitrogens with one attached hydrogen (secondary N) is 1. The Kier molecular flexibility index (Phi) is 3.29. The number of rotatable bonds is 2. The summed E-state index contributed by atoms with van der Waals surface area (Å²) < 4.78 is 0.500. The maximum atomic E-state index is 11.5. The van der Waals surface area contributed by atoms with Crippen molar-refractivity contribution in [2.45, 2.75) is 0 Å². The van der Waals surface area contributed by atoms with Gasteiger partial charge in [-0.2, -0.15) is 0 Å². The number of aromatic nitrogens is 1. The molecule has 1 aliphatic rings. The third-order valence-corrected chi connectivity index (χ3v) is 5.24. The van der Waals surface area contributed by atoms with Crippen LogP contribution in [0.2, 0.25) is 0 Å². The van der Waals surface area contributed by atoms with Crippen molar-refractivity contribution in [1.82, 2.24) is 10.3 Å². The molecule has 1 amide bonds. The molecule has 1 N–H and O–H groups in total. The van der Waals surface area contributed by atoms with Crippen LogP contribution in [0.3, 0.4) is 0 Å². The van der Waals surface area contributed by atoms with Gasteiger partial charge in [-0.1, -0.05) is 30.0 Å². The van der Waals surface area contributed by atoms with Gasteiger partial charge < -0.3 is 5.32 Å². The number of thiophene rings is 1. The molecule has 3 heterocycles. The van der Waals surface area contributed by atoms with Crippen molar-refractivity contribution in [3.05, 3.63) is 33.5 Å². The molecule has 7 heteroatoms. The first kappa shape index (κ1) is 12.0. The third kappa shape index (κ3) is 2.39. The molecular weight excluding hydrogens is 304 g/mol. The van der Waals surface area contributed by atoms with Crippen LogP contribution in [0.15, 0.2) is 27.8 Å². The van der Waals surface area contributed by atoms with Gasteiger partial charge in [0.05, 0.1) is 15.5 Å². The van der Waals surface area contributed by atoms with E-state index in [1.807, 2.05) is 22.9 Å². The number of thiocarbonyl (C=S) groups is 1. The van der Waals surface area contributed by atoms with E-state index in [4.69, 9.17) is 12.2 Å². The van der Waals surface area contributed by atoms with Crippen molar-refractivity contribution in [2.24, 2.45) is 0 Å². The van der Waals surface area contributed by atoms with Gasteiger partial charge in [0, 0.05) is 5.38 Å². The highest BCUT2D eigenvalue weighted by Gasteiger charge is 2.22. The number of carbonyl (C=O) groups is 1. The number of carbonyl (C=O) groups excluding carboxylic acids is 1. The Labute approximate surface area is 121 Å². The van der Waals surface area contributed by atoms with E-state index in [0.717, 1.165) is 15.6 Å². The maximum absolute atomic E-state index is 11.5. The van der Waals surface area contributed by atoms with Crippen LogP contribution in [-0.4, -0.2) is 15.2 Å². The van der Waals surface area contributed by atoms with E-state index in [-0.39, 0.29) is 5.91 Å². The van der Waals surface area contributed by atoms with Gasteiger partial charge >= 0.3 is 0 Å². The molecule has 0 bridgehead atoms. The van der Waals surface area contributed by atoms with Crippen molar-refractivity contribution < 1.29 is 4.79 Å². The first-order chi connectivity index (χ1) is 8.72. The molecule has 0 unspecified atom stereocenters. The minimum absolute atomic E-state index is 0.143. The smallest absolute Gasteiger partial charge is 0.263 e.